The quantitative estimate of drug-likeness (QED) is 0.769. The van der Waals surface area contributed by atoms with Gasteiger partial charge in [0.05, 0.1) is 5.57 Å². The Morgan fingerprint density at radius 3 is 2.11 bits per heavy atom. The second-order valence-corrected chi connectivity index (χ2v) is 4.55. The van der Waals surface area contributed by atoms with E-state index < -0.39 is 0 Å². The summed E-state index contributed by atoms with van der Waals surface area (Å²) in [6.45, 7) is 1.95. The molecule has 1 aliphatic carbocycles. The minimum Gasteiger partial charge on any atom is -0.289 e. The third kappa shape index (κ3) is 1.60. The van der Waals surface area contributed by atoms with Gasteiger partial charge in [0.1, 0.15) is 6.07 Å². The maximum Gasteiger partial charge on any atom is 0.195 e. The van der Waals surface area contributed by atoms with E-state index in [4.69, 9.17) is 0 Å². The molecule has 0 heterocycles. The number of Topliss-reactive ketones (excluding diaryl/α,β-unsaturated/α-hetero) is 1. The second kappa shape index (κ2) is 4.22. The van der Waals surface area contributed by atoms with E-state index in [2.05, 4.69) is 6.07 Å². The van der Waals surface area contributed by atoms with Gasteiger partial charge in [-0.25, -0.2) is 0 Å². The molecule has 0 unspecified atom stereocenters. The highest BCUT2D eigenvalue weighted by Gasteiger charge is 2.30. The fourth-order valence-electron chi connectivity index (χ4n) is 2.51. The van der Waals surface area contributed by atoms with E-state index in [0.29, 0.717) is 16.7 Å². The second-order valence-electron chi connectivity index (χ2n) is 4.55. The first-order chi connectivity index (χ1) is 9.24. The number of nitrogens with zero attached hydrogens (tertiary/aromatic N) is 1. The van der Waals surface area contributed by atoms with E-state index in [9.17, 15) is 10.1 Å². The van der Waals surface area contributed by atoms with Gasteiger partial charge in [-0.2, -0.15) is 5.26 Å². The maximum absolute atomic E-state index is 12.5. The zero-order chi connectivity index (χ0) is 13.4. The number of rotatable bonds is 1. The van der Waals surface area contributed by atoms with Gasteiger partial charge in [-0.1, -0.05) is 48.5 Å². The molecule has 0 saturated carbocycles. The molecule has 0 spiro atoms. The number of ketones is 1. The number of nitriles is 1. The number of hydrogen-bond donors (Lipinski definition) is 0. The predicted molar refractivity (Wildman–Crippen MR) is 74.4 cm³/mol. The number of fused-ring (bicyclic) bond motifs is 1. The van der Waals surface area contributed by atoms with E-state index in [1.165, 1.54) is 0 Å². The van der Waals surface area contributed by atoms with E-state index in [1.54, 1.807) is 6.07 Å². The summed E-state index contributed by atoms with van der Waals surface area (Å²) in [5, 5.41) is 9.39. The molecular weight excluding hydrogens is 234 g/mol. The van der Waals surface area contributed by atoms with E-state index in [1.807, 2.05) is 49.4 Å². The average molecular weight is 245 g/mol. The number of benzene rings is 2. The van der Waals surface area contributed by atoms with Crippen molar-refractivity contribution in [3.05, 3.63) is 70.8 Å². The third-order valence-corrected chi connectivity index (χ3v) is 3.44. The standard InChI is InChI=1S/C17H11NO/c1-11-6-2-3-7-12(11)16-15(10-18)13-8-4-5-9-14(13)17(16)19/h2-9H,1H3. The van der Waals surface area contributed by atoms with Crippen LogP contribution in [-0.4, -0.2) is 5.78 Å². The topological polar surface area (TPSA) is 40.9 Å². The molecule has 19 heavy (non-hydrogen) atoms. The predicted octanol–water partition coefficient (Wildman–Crippen LogP) is 3.63. The first-order valence-electron chi connectivity index (χ1n) is 6.08. The van der Waals surface area contributed by atoms with Crippen LogP contribution in [0.15, 0.2) is 48.5 Å². The SMILES string of the molecule is Cc1ccccc1C1=C(C#N)c2ccccc2C1=O. The summed E-state index contributed by atoms with van der Waals surface area (Å²) in [5.74, 6) is -0.0542. The van der Waals surface area contributed by atoms with Crippen LogP contribution in [0.25, 0.3) is 11.1 Å². The summed E-state index contributed by atoms with van der Waals surface area (Å²) in [6, 6.07) is 17.1. The van der Waals surface area contributed by atoms with E-state index in [-0.39, 0.29) is 5.78 Å². The van der Waals surface area contributed by atoms with Crippen molar-refractivity contribution in [1.82, 2.24) is 0 Å². The van der Waals surface area contributed by atoms with Crippen molar-refractivity contribution < 1.29 is 4.79 Å². The molecule has 0 aromatic heterocycles. The molecule has 2 aromatic rings. The Balaban J connectivity index is 2.31. The highest BCUT2D eigenvalue weighted by atomic mass is 16.1. The molecule has 0 N–H and O–H groups in total. The van der Waals surface area contributed by atoms with Gasteiger partial charge >= 0.3 is 0 Å². The molecular formula is C17H11NO. The van der Waals surface area contributed by atoms with Crippen LogP contribution in [0.1, 0.15) is 27.0 Å². The maximum atomic E-state index is 12.5. The smallest absolute Gasteiger partial charge is 0.195 e. The molecule has 0 amide bonds. The van der Waals surface area contributed by atoms with Crippen molar-refractivity contribution in [2.75, 3.05) is 0 Å². The van der Waals surface area contributed by atoms with Gasteiger partial charge in [0, 0.05) is 16.7 Å². The van der Waals surface area contributed by atoms with Crippen LogP contribution >= 0.6 is 0 Å². The number of carbonyl (C=O) groups is 1. The number of hydrogen-bond acceptors (Lipinski definition) is 2. The van der Waals surface area contributed by atoms with Crippen molar-refractivity contribution in [2.45, 2.75) is 6.92 Å². The molecule has 0 saturated heterocycles. The van der Waals surface area contributed by atoms with Crippen molar-refractivity contribution in [3.63, 3.8) is 0 Å². The van der Waals surface area contributed by atoms with E-state index >= 15 is 0 Å². The lowest BCUT2D eigenvalue weighted by atomic mass is 9.96. The Labute approximate surface area is 111 Å². The first-order valence-corrected chi connectivity index (χ1v) is 6.08. The molecule has 2 aromatic carbocycles. The number of allylic oxidation sites excluding steroid dienone is 2. The monoisotopic (exact) mass is 245 g/mol. The highest BCUT2D eigenvalue weighted by Crippen LogP contribution is 2.38. The first kappa shape index (κ1) is 11.4. The summed E-state index contributed by atoms with van der Waals surface area (Å²) < 4.78 is 0. The summed E-state index contributed by atoms with van der Waals surface area (Å²) in [7, 11) is 0. The third-order valence-electron chi connectivity index (χ3n) is 3.44. The minimum absolute atomic E-state index is 0.0542. The molecule has 0 aliphatic heterocycles. The Hall–Kier alpha value is -2.66. The van der Waals surface area contributed by atoms with Gasteiger partial charge in [0.2, 0.25) is 0 Å². The zero-order valence-electron chi connectivity index (χ0n) is 10.5. The Bertz CT molecular complexity index is 763. The van der Waals surface area contributed by atoms with Crippen molar-refractivity contribution in [2.24, 2.45) is 0 Å². The molecule has 0 atom stereocenters. The molecule has 2 nitrogen and oxygen atoms in total. The van der Waals surface area contributed by atoms with E-state index in [0.717, 1.165) is 16.7 Å². The van der Waals surface area contributed by atoms with Gasteiger partial charge in [-0.3, -0.25) is 4.79 Å². The minimum atomic E-state index is -0.0542. The summed E-state index contributed by atoms with van der Waals surface area (Å²) in [4.78, 5) is 12.5. The molecule has 90 valence electrons. The van der Waals surface area contributed by atoms with Gasteiger partial charge < -0.3 is 0 Å². The zero-order valence-corrected chi connectivity index (χ0v) is 10.5. The van der Waals surface area contributed by atoms with Crippen molar-refractivity contribution in [1.29, 1.82) is 5.26 Å². The lowest BCUT2D eigenvalue weighted by molar-refractivity contribution is 0.105. The lowest BCUT2D eigenvalue weighted by Gasteiger charge is -2.05. The van der Waals surface area contributed by atoms with Crippen LogP contribution in [0.5, 0.6) is 0 Å². The van der Waals surface area contributed by atoms with Crippen LogP contribution in [-0.2, 0) is 0 Å². The van der Waals surface area contributed by atoms with Crippen LogP contribution in [0.2, 0.25) is 0 Å². The number of aryl methyl sites for hydroxylation is 1. The van der Waals surface area contributed by atoms with Crippen molar-refractivity contribution in [3.8, 4) is 6.07 Å². The van der Waals surface area contributed by atoms with Crippen LogP contribution in [0.4, 0.5) is 0 Å². The van der Waals surface area contributed by atoms with Gasteiger partial charge in [0.25, 0.3) is 0 Å². The van der Waals surface area contributed by atoms with Gasteiger partial charge in [0.15, 0.2) is 5.78 Å². The summed E-state index contributed by atoms with van der Waals surface area (Å²) >= 11 is 0. The summed E-state index contributed by atoms with van der Waals surface area (Å²) in [6.07, 6.45) is 0. The normalized spacial score (nSPS) is 13.4. The molecule has 0 radical (unpaired) electrons. The Kier molecular flexibility index (Phi) is 2.54. The van der Waals surface area contributed by atoms with Crippen molar-refractivity contribution >= 4 is 16.9 Å². The van der Waals surface area contributed by atoms with Gasteiger partial charge in [-0.15, -0.1) is 0 Å². The molecule has 3 rings (SSSR count). The number of carbonyl (C=O) groups excluding carboxylic acids is 1. The molecule has 2 heteroatoms. The van der Waals surface area contributed by atoms with Crippen LogP contribution in [0, 0.1) is 18.3 Å². The Morgan fingerprint density at radius 1 is 0.895 bits per heavy atom. The fourth-order valence-corrected chi connectivity index (χ4v) is 2.51. The lowest BCUT2D eigenvalue weighted by Crippen LogP contribution is -1.99. The largest absolute Gasteiger partial charge is 0.289 e. The molecule has 0 bridgehead atoms. The summed E-state index contributed by atoms with van der Waals surface area (Å²) in [5.41, 5.74) is 4.23. The van der Waals surface area contributed by atoms with Crippen LogP contribution in [0.3, 0.4) is 0 Å². The van der Waals surface area contributed by atoms with Gasteiger partial charge in [-0.05, 0) is 18.1 Å². The molecule has 1 aliphatic rings. The Morgan fingerprint density at radius 2 is 1.47 bits per heavy atom. The average Bonchev–Trinajstić information content (AvgIpc) is 2.73. The van der Waals surface area contributed by atoms with Crippen LogP contribution < -0.4 is 0 Å². The molecule has 0 fully saturated rings. The highest BCUT2D eigenvalue weighted by molar-refractivity contribution is 6.41. The fraction of sp³-hybridized carbons (Fsp3) is 0.0588.